The van der Waals surface area contributed by atoms with Crippen molar-refractivity contribution in [3.8, 4) is 11.5 Å². The number of hydrazone groups is 1. The lowest BCUT2D eigenvalue weighted by Crippen LogP contribution is -2.21. The fourth-order valence-electron chi connectivity index (χ4n) is 4.11. The molecule has 0 aliphatic carbocycles. The number of anilines is 2. The standard InChI is InChI=1S/C31H28BrN3O8/c1-4-41-26-15-19(13-24-18(3)34-35(29(24)37)23-8-6-7-21(16-23)30(38)39)14-25(32)28(26)43-17-27(36)33-22-11-9-20(10-12-22)31(40)42-5-2/h6-16H,4-5,17H2,1-3H3,(H,33,36)(H,38,39)/b24-13-. The van der Waals surface area contributed by atoms with E-state index in [0.717, 1.165) is 5.01 Å². The summed E-state index contributed by atoms with van der Waals surface area (Å²) in [7, 11) is 0. The lowest BCUT2D eigenvalue weighted by molar-refractivity contribution is -0.118. The molecule has 1 aliphatic rings. The number of carbonyl (C=O) groups is 4. The van der Waals surface area contributed by atoms with Gasteiger partial charge in [0.15, 0.2) is 18.1 Å². The van der Waals surface area contributed by atoms with Crippen molar-refractivity contribution in [3.63, 3.8) is 0 Å². The van der Waals surface area contributed by atoms with Gasteiger partial charge in [0.05, 0.1) is 45.8 Å². The van der Waals surface area contributed by atoms with E-state index in [1.165, 1.54) is 12.1 Å². The number of halogens is 1. The molecule has 0 saturated heterocycles. The lowest BCUT2D eigenvalue weighted by Gasteiger charge is -2.15. The maximum atomic E-state index is 13.2. The second-order valence-corrected chi connectivity index (χ2v) is 9.97. The van der Waals surface area contributed by atoms with Crippen LogP contribution < -0.4 is 19.8 Å². The Morgan fingerprint density at radius 3 is 2.42 bits per heavy atom. The molecule has 2 amide bonds. The average molecular weight is 650 g/mol. The molecule has 3 aromatic carbocycles. The number of carbonyl (C=O) groups excluding carboxylic acids is 3. The number of carboxylic acid groups (broad SMARTS) is 1. The maximum Gasteiger partial charge on any atom is 0.338 e. The van der Waals surface area contributed by atoms with Gasteiger partial charge in [0.25, 0.3) is 11.8 Å². The van der Waals surface area contributed by atoms with Gasteiger partial charge >= 0.3 is 11.9 Å². The molecule has 3 aromatic rings. The van der Waals surface area contributed by atoms with Gasteiger partial charge in [-0.25, -0.2) is 9.59 Å². The van der Waals surface area contributed by atoms with E-state index >= 15 is 0 Å². The van der Waals surface area contributed by atoms with E-state index in [1.807, 2.05) is 0 Å². The van der Waals surface area contributed by atoms with Gasteiger partial charge in [-0.15, -0.1) is 0 Å². The van der Waals surface area contributed by atoms with Gasteiger partial charge in [-0.1, -0.05) is 6.07 Å². The summed E-state index contributed by atoms with van der Waals surface area (Å²) in [5.74, 6) is -1.75. The highest BCUT2D eigenvalue weighted by molar-refractivity contribution is 9.10. The first-order valence-corrected chi connectivity index (χ1v) is 14.0. The monoisotopic (exact) mass is 649 g/mol. The van der Waals surface area contributed by atoms with E-state index in [9.17, 15) is 24.3 Å². The Labute approximate surface area is 255 Å². The van der Waals surface area contributed by atoms with Crippen LogP contribution in [0.1, 0.15) is 47.1 Å². The number of nitrogens with one attached hydrogen (secondary N) is 1. The van der Waals surface area contributed by atoms with Gasteiger partial charge in [-0.2, -0.15) is 10.1 Å². The van der Waals surface area contributed by atoms with Crippen molar-refractivity contribution >= 4 is 62.8 Å². The number of benzene rings is 3. The molecule has 11 nitrogen and oxygen atoms in total. The molecule has 0 fully saturated rings. The van der Waals surface area contributed by atoms with E-state index in [2.05, 4.69) is 26.3 Å². The summed E-state index contributed by atoms with van der Waals surface area (Å²) in [4.78, 5) is 49.0. The highest BCUT2D eigenvalue weighted by Crippen LogP contribution is 2.38. The minimum atomic E-state index is -1.11. The number of rotatable bonds is 11. The summed E-state index contributed by atoms with van der Waals surface area (Å²) in [6.45, 7) is 5.46. The van der Waals surface area contributed by atoms with Crippen LogP contribution in [0.2, 0.25) is 0 Å². The zero-order valence-electron chi connectivity index (χ0n) is 23.5. The van der Waals surface area contributed by atoms with Crippen molar-refractivity contribution in [2.75, 3.05) is 30.1 Å². The normalized spacial score (nSPS) is 13.5. The SMILES string of the molecule is CCOC(=O)c1ccc(NC(=O)COc2c(Br)cc(/C=C3\C(=O)N(c4cccc(C(=O)O)c4)N=C3C)cc2OCC)cc1. The Morgan fingerprint density at radius 2 is 1.74 bits per heavy atom. The number of amides is 2. The summed E-state index contributed by atoms with van der Waals surface area (Å²) in [6.07, 6.45) is 1.64. The number of hydrogen-bond acceptors (Lipinski definition) is 8. The lowest BCUT2D eigenvalue weighted by atomic mass is 10.1. The molecule has 222 valence electrons. The second-order valence-electron chi connectivity index (χ2n) is 9.11. The molecule has 0 aromatic heterocycles. The van der Waals surface area contributed by atoms with Crippen LogP contribution >= 0.6 is 15.9 Å². The van der Waals surface area contributed by atoms with Gasteiger partial charge in [-0.05, 0) is 103 Å². The first-order chi connectivity index (χ1) is 20.6. The van der Waals surface area contributed by atoms with Gasteiger partial charge < -0.3 is 24.6 Å². The molecule has 12 heteroatoms. The molecule has 0 saturated carbocycles. The molecular weight excluding hydrogens is 622 g/mol. The van der Waals surface area contributed by atoms with Gasteiger partial charge in [0.2, 0.25) is 0 Å². The van der Waals surface area contributed by atoms with Crippen LogP contribution in [0, 0.1) is 0 Å². The Morgan fingerprint density at radius 1 is 1.00 bits per heavy atom. The van der Waals surface area contributed by atoms with Gasteiger partial charge in [0, 0.05) is 5.69 Å². The molecule has 0 atom stereocenters. The van der Waals surface area contributed by atoms with Crippen LogP contribution in [0.4, 0.5) is 11.4 Å². The van der Waals surface area contributed by atoms with Crippen LogP contribution in [0.3, 0.4) is 0 Å². The van der Waals surface area contributed by atoms with E-state index in [-0.39, 0.29) is 18.8 Å². The van der Waals surface area contributed by atoms with Crippen LogP contribution in [0.5, 0.6) is 11.5 Å². The smallest absolute Gasteiger partial charge is 0.338 e. The average Bonchev–Trinajstić information content (AvgIpc) is 3.26. The number of aromatic carboxylic acids is 1. The van der Waals surface area contributed by atoms with Crippen molar-refractivity contribution < 1.29 is 38.5 Å². The Balaban J connectivity index is 1.48. The molecule has 1 heterocycles. The third-order valence-corrected chi connectivity index (χ3v) is 6.66. The minimum absolute atomic E-state index is 0.0389. The number of nitrogens with zero attached hydrogens (tertiary/aromatic N) is 2. The first kappa shape index (κ1) is 31.0. The quantitative estimate of drug-likeness (QED) is 0.203. The predicted octanol–water partition coefficient (Wildman–Crippen LogP) is 5.55. The van der Waals surface area contributed by atoms with Crippen LogP contribution in [0.25, 0.3) is 6.08 Å². The Kier molecular flexibility index (Phi) is 9.94. The molecule has 1 aliphatic heterocycles. The molecule has 2 N–H and O–H groups in total. The number of ether oxygens (including phenoxy) is 3. The fourth-order valence-corrected chi connectivity index (χ4v) is 4.68. The summed E-state index contributed by atoms with van der Waals surface area (Å²) in [5.41, 5.74) is 2.60. The van der Waals surface area contributed by atoms with Gasteiger partial charge in [-0.3, -0.25) is 9.59 Å². The maximum absolute atomic E-state index is 13.2. The molecule has 43 heavy (non-hydrogen) atoms. The molecule has 0 radical (unpaired) electrons. The van der Waals surface area contributed by atoms with Gasteiger partial charge in [0.1, 0.15) is 0 Å². The van der Waals surface area contributed by atoms with Crippen molar-refractivity contribution in [2.45, 2.75) is 20.8 Å². The fraction of sp³-hybridized carbons (Fsp3) is 0.194. The van der Waals surface area contributed by atoms with E-state index in [1.54, 1.807) is 75.4 Å². The highest BCUT2D eigenvalue weighted by atomic mass is 79.9. The third kappa shape index (κ3) is 7.46. The summed E-state index contributed by atoms with van der Waals surface area (Å²) < 4.78 is 17.0. The predicted molar refractivity (Wildman–Crippen MR) is 164 cm³/mol. The van der Waals surface area contributed by atoms with Crippen molar-refractivity contribution in [3.05, 3.63) is 87.4 Å². The highest BCUT2D eigenvalue weighted by Gasteiger charge is 2.29. The molecule has 4 rings (SSSR count). The molecule has 0 unspecified atom stereocenters. The molecule has 0 spiro atoms. The first-order valence-electron chi connectivity index (χ1n) is 13.2. The Hall–Kier alpha value is -4.97. The van der Waals surface area contributed by atoms with E-state index < -0.39 is 23.8 Å². The minimum Gasteiger partial charge on any atom is -0.490 e. The van der Waals surface area contributed by atoms with Crippen LogP contribution in [-0.2, 0) is 14.3 Å². The molecular formula is C31H28BrN3O8. The topological polar surface area (TPSA) is 144 Å². The largest absolute Gasteiger partial charge is 0.490 e. The zero-order valence-corrected chi connectivity index (χ0v) is 25.1. The summed E-state index contributed by atoms with van der Waals surface area (Å²) in [5, 5.41) is 17.5. The summed E-state index contributed by atoms with van der Waals surface area (Å²) >= 11 is 3.48. The second kappa shape index (κ2) is 13.8. The van der Waals surface area contributed by atoms with E-state index in [0.29, 0.717) is 56.4 Å². The third-order valence-electron chi connectivity index (χ3n) is 6.07. The van der Waals surface area contributed by atoms with Crippen molar-refractivity contribution in [1.29, 1.82) is 0 Å². The van der Waals surface area contributed by atoms with E-state index in [4.69, 9.17) is 14.2 Å². The Bertz CT molecular complexity index is 1630. The van der Waals surface area contributed by atoms with Crippen molar-refractivity contribution in [1.82, 2.24) is 0 Å². The molecule has 0 bridgehead atoms. The van der Waals surface area contributed by atoms with Crippen LogP contribution in [0.15, 0.2) is 75.8 Å². The summed E-state index contributed by atoms with van der Waals surface area (Å²) in [6, 6.07) is 15.6. The number of esters is 1. The van der Waals surface area contributed by atoms with Crippen LogP contribution in [-0.4, -0.2) is 54.4 Å². The van der Waals surface area contributed by atoms with Crippen molar-refractivity contribution in [2.24, 2.45) is 5.10 Å². The number of carboxylic acids is 1. The number of hydrogen-bond donors (Lipinski definition) is 2. The zero-order chi connectivity index (χ0) is 31.1.